The summed E-state index contributed by atoms with van der Waals surface area (Å²) >= 11 is 0. The van der Waals surface area contributed by atoms with Gasteiger partial charge in [0.05, 0.1) is 11.3 Å². The van der Waals surface area contributed by atoms with Crippen LogP contribution >= 0.6 is 0 Å². The summed E-state index contributed by atoms with van der Waals surface area (Å²) in [5, 5.41) is 4.01. The van der Waals surface area contributed by atoms with Crippen molar-refractivity contribution in [3.8, 4) is 11.8 Å². The summed E-state index contributed by atoms with van der Waals surface area (Å²) in [4.78, 5) is 0. The van der Waals surface area contributed by atoms with Crippen LogP contribution in [0, 0.1) is 11.8 Å². The van der Waals surface area contributed by atoms with Gasteiger partial charge in [-0.3, -0.25) is 5.43 Å². The van der Waals surface area contributed by atoms with Crippen LogP contribution in [0.5, 0.6) is 0 Å². The quantitative estimate of drug-likeness (QED) is 0.491. The first-order valence-corrected chi connectivity index (χ1v) is 6.50. The second-order valence-corrected chi connectivity index (χ2v) is 4.50. The number of benzene rings is 2. The lowest BCUT2D eigenvalue weighted by molar-refractivity contribution is -0.137. The summed E-state index contributed by atoms with van der Waals surface area (Å²) in [6.07, 6.45) is -4.33. The van der Waals surface area contributed by atoms with Crippen molar-refractivity contribution in [2.24, 2.45) is 5.10 Å². The number of hydrogen-bond donors (Lipinski definition) is 1. The third-order valence-electron chi connectivity index (χ3n) is 2.73. The maximum absolute atomic E-state index is 12.4. The van der Waals surface area contributed by atoms with Gasteiger partial charge in [0.25, 0.3) is 0 Å². The van der Waals surface area contributed by atoms with Gasteiger partial charge in [-0.15, -0.1) is 0 Å². The van der Waals surface area contributed by atoms with Crippen LogP contribution in [-0.4, -0.2) is 5.71 Å². The molecule has 5 heteroatoms. The van der Waals surface area contributed by atoms with Crippen LogP contribution in [0.25, 0.3) is 0 Å². The summed E-state index contributed by atoms with van der Waals surface area (Å²) in [7, 11) is 0. The Balaban J connectivity index is 2.01. The second-order valence-electron chi connectivity index (χ2n) is 4.50. The number of hydrogen-bond acceptors (Lipinski definition) is 2. The molecule has 0 spiro atoms. The molecule has 0 aliphatic heterocycles. The standard InChI is InChI=1S/C17H13F3N2/c1-13(7-8-14-5-3-2-4-6-14)21-22-16-11-9-15(10-12-16)17(18,19)20/h2-6,9-12,22H,1H3/b21-13-. The first-order valence-electron chi connectivity index (χ1n) is 6.50. The Labute approximate surface area is 126 Å². The molecule has 0 saturated heterocycles. The van der Waals surface area contributed by atoms with Crippen molar-refractivity contribution >= 4 is 11.4 Å². The van der Waals surface area contributed by atoms with Crippen LogP contribution in [0.1, 0.15) is 18.1 Å². The molecule has 0 amide bonds. The van der Waals surface area contributed by atoms with Gasteiger partial charge in [0, 0.05) is 5.56 Å². The lowest BCUT2D eigenvalue weighted by Crippen LogP contribution is -2.04. The van der Waals surface area contributed by atoms with Gasteiger partial charge < -0.3 is 0 Å². The van der Waals surface area contributed by atoms with Gasteiger partial charge in [-0.25, -0.2) is 0 Å². The number of halogens is 3. The SMILES string of the molecule is C/C(C#Cc1ccccc1)=N/Nc1ccc(C(F)(F)F)cc1. The summed E-state index contributed by atoms with van der Waals surface area (Å²) in [5.74, 6) is 5.80. The Morgan fingerprint density at radius 3 is 2.23 bits per heavy atom. The zero-order chi connectivity index (χ0) is 16.0. The average Bonchev–Trinajstić information content (AvgIpc) is 2.51. The van der Waals surface area contributed by atoms with Crippen molar-refractivity contribution in [3.63, 3.8) is 0 Å². The molecule has 112 valence electrons. The van der Waals surface area contributed by atoms with E-state index in [9.17, 15) is 13.2 Å². The first kappa shape index (κ1) is 15.6. The van der Waals surface area contributed by atoms with E-state index in [2.05, 4.69) is 22.4 Å². The molecular formula is C17H13F3N2. The van der Waals surface area contributed by atoms with E-state index >= 15 is 0 Å². The fourth-order valence-corrected chi connectivity index (χ4v) is 1.59. The van der Waals surface area contributed by atoms with Crippen LogP contribution in [0.4, 0.5) is 18.9 Å². The van der Waals surface area contributed by atoms with Crippen LogP contribution < -0.4 is 5.43 Å². The summed E-state index contributed by atoms with van der Waals surface area (Å²) in [5.41, 5.74) is 3.85. The normalized spacial score (nSPS) is 11.5. The molecule has 0 unspecified atom stereocenters. The summed E-state index contributed by atoms with van der Waals surface area (Å²) < 4.78 is 37.3. The van der Waals surface area contributed by atoms with Crippen LogP contribution in [0.3, 0.4) is 0 Å². The summed E-state index contributed by atoms with van der Waals surface area (Å²) in [6, 6.07) is 14.1. The molecule has 0 aromatic heterocycles. The van der Waals surface area contributed by atoms with Crippen molar-refractivity contribution in [1.82, 2.24) is 0 Å². The third kappa shape index (κ3) is 4.67. The Bertz CT molecular complexity index is 706. The van der Waals surface area contributed by atoms with Crippen molar-refractivity contribution in [2.45, 2.75) is 13.1 Å². The molecule has 2 aromatic rings. The van der Waals surface area contributed by atoms with Gasteiger partial charge in [-0.2, -0.15) is 18.3 Å². The van der Waals surface area contributed by atoms with Gasteiger partial charge in [0.2, 0.25) is 0 Å². The molecule has 0 aliphatic rings. The minimum atomic E-state index is -4.33. The van der Waals surface area contributed by atoms with E-state index in [4.69, 9.17) is 0 Å². The van der Waals surface area contributed by atoms with E-state index in [0.29, 0.717) is 11.4 Å². The van der Waals surface area contributed by atoms with E-state index in [-0.39, 0.29) is 0 Å². The molecule has 1 N–H and O–H groups in total. The molecule has 0 heterocycles. The molecule has 0 atom stereocenters. The number of rotatable bonds is 2. The summed E-state index contributed by atoms with van der Waals surface area (Å²) in [6.45, 7) is 1.72. The van der Waals surface area contributed by atoms with Crippen molar-refractivity contribution in [3.05, 3.63) is 65.7 Å². The van der Waals surface area contributed by atoms with Crippen LogP contribution in [0.2, 0.25) is 0 Å². The largest absolute Gasteiger partial charge is 0.416 e. The molecule has 2 rings (SSSR count). The zero-order valence-corrected chi connectivity index (χ0v) is 11.8. The number of nitrogens with one attached hydrogen (secondary N) is 1. The minimum absolute atomic E-state index is 0.467. The number of hydrazone groups is 1. The van der Waals surface area contributed by atoms with Gasteiger partial charge in [0.15, 0.2) is 0 Å². The number of alkyl halides is 3. The molecule has 2 aromatic carbocycles. The molecular weight excluding hydrogens is 289 g/mol. The van der Waals surface area contributed by atoms with E-state index in [1.807, 2.05) is 30.3 Å². The van der Waals surface area contributed by atoms with E-state index in [0.717, 1.165) is 17.7 Å². The number of nitrogens with zero attached hydrogens (tertiary/aromatic N) is 1. The van der Waals surface area contributed by atoms with Crippen LogP contribution in [-0.2, 0) is 6.18 Å². The van der Waals surface area contributed by atoms with Gasteiger partial charge in [-0.1, -0.05) is 24.1 Å². The lowest BCUT2D eigenvalue weighted by Gasteiger charge is -2.07. The van der Waals surface area contributed by atoms with Gasteiger partial charge in [0.1, 0.15) is 5.71 Å². The molecule has 0 saturated carbocycles. The molecule has 22 heavy (non-hydrogen) atoms. The highest BCUT2D eigenvalue weighted by molar-refractivity contribution is 5.99. The smallest absolute Gasteiger partial charge is 0.278 e. The minimum Gasteiger partial charge on any atom is -0.278 e. The Morgan fingerprint density at radius 2 is 1.64 bits per heavy atom. The maximum atomic E-state index is 12.4. The van der Waals surface area contributed by atoms with E-state index in [1.54, 1.807) is 6.92 Å². The highest BCUT2D eigenvalue weighted by atomic mass is 19.4. The van der Waals surface area contributed by atoms with Crippen molar-refractivity contribution in [2.75, 3.05) is 5.43 Å². The highest BCUT2D eigenvalue weighted by Gasteiger charge is 2.29. The molecule has 0 aliphatic carbocycles. The van der Waals surface area contributed by atoms with E-state index in [1.165, 1.54) is 12.1 Å². The third-order valence-corrected chi connectivity index (χ3v) is 2.73. The fourth-order valence-electron chi connectivity index (χ4n) is 1.59. The van der Waals surface area contributed by atoms with E-state index < -0.39 is 11.7 Å². The second kappa shape index (κ2) is 6.81. The number of anilines is 1. The topological polar surface area (TPSA) is 24.4 Å². The Hall–Kier alpha value is -2.74. The molecule has 0 fully saturated rings. The fraction of sp³-hybridized carbons (Fsp3) is 0.118. The zero-order valence-electron chi connectivity index (χ0n) is 11.8. The lowest BCUT2D eigenvalue weighted by atomic mass is 10.2. The Morgan fingerprint density at radius 1 is 1.00 bits per heavy atom. The van der Waals surface area contributed by atoms with Crippen LogP contribution in [0.15, 0.2) is 59.7 Å². The Kier molecular flexibility index (Phi) is 4.84. The van der Waals surface area contributed by atoms with Crippen molar-refractivity contribution < 1.29 is 13.2 Å². The predicted molar refractivity (Wildman–Crippen MR) is 81.5 cm³/mol. The predicted octanol–water partition coefficient (Wildman–Crippen LogP) is 4.54. The molecule has 0 radical (unpaired) electrons. The van der Waals surface area contributed by atoms with Crippen molar-refractivity contribution in [1.29, 1.82) is 0 Å². The monoisotopic (exact) mass is 302 g/mol. The molecule has 0 bridgehead atoms. The van der Waals surface area contributed by atoms with Gasteiger partial charge >= 0.3 is 6.18 Å². The maximum Gasteiger partial charge on any atom is 0.416 e. The molecule has 2 nitrogen and oxygen atoms in total. The van der Waals surface area contributed by atoms with Gasteiger partial charge in [-0.05, 0) is 49.2 Å². The first-order chi connectivity index (χ1) is 10.4. The average molecular weight is 302 g/mol. The highest BCUT2D eigenvalue weighted by Crippen LogP contribution is 2.29.